The Morgan fingerprint density at radius 3 is 2.50 bits per heavy atom. The van der Waals surface area contributed by atoms with Crippen LogP contribution in [0.1, 0.15) is 11.4 Å². The standard InChI is InChI=1S/C10H7F4N3O/c1-5-15-16-9(18)17(5)6-2-3-8(11)7(4-6)10(12,13)14/h2-4H,1H3,(H,16,18). The lowest BCUT2D eigenvalue weighted by atomic mass is 10.2. The van der Waals surface area contributed by atoms with Gasteiger partial charge in [-0.3, -0.25) is 0 Å². The predicted molar refractivity (Wildman–Crippen MR) is 53.9 cm³/mol. The highest BCUT2D eigenvalue weighted by atomic mass is 19.4. The summed E-state index contributed by atoms with van der Waals surface area (Å²) in [5.74, 6) is -1.21. The van der Waals surface area contributed by atoms with Crippen LogP contribution in [0.3, 0.4) is 0 Å². The molecular weight excluding hydrogens is 254 g/mol. The predicted octanol–water partition coefficient (Wildman–Crippen LogP) is 2.03. The zero-order valence-electron chi connectivity index (χ0n) is 9.05. The molecule has 0 saturated carbocycles. The van der Waals surface area contributed by atoms with Crippen molar-refractivity contribution < 1.29 is 17.6 Å². The summed E-state index contributed by atoms with van der Waals surface area (Å²) in [7, 11) is 0. The quantitative estimate of drug-likeness (QED) is 0.798. The van der Waals surface area contributed by atoms with Gasteiger partial charge in [-0.2, -0.15) is 18.3 Å². The van der Waals surface area contributed by atoms with Crippen LogP contribution in [-0.2, 0) is 6.18 Å². The summed E-state index contributed by atoms with van der Waals surface area (Å²) in [4.78, 5) is 11.4. The van der Waals surface area contributed by atoms with Crippen molar-refractivity contribution in [2.45, 2.75) is 13.1 Å². The summed E-state index contributed by atoms with van der Waals surface area (Å²) < 4.78 is 51.6. The average molecular weight is 261 g/mol. The number of rotatable bonds is 1. The molecule has 0 atom stereocenters. The van der Waals surface area contributed by atoms with E-state index in [1.807, 2.05) is 0 Å². The third-order valence-electron chi connectivity index (χ3n) is 2.35. The molecule has 0 saturated heterocycles. The van der Waals surface area contributed by atoms with Crippen molar-refractivity contribution in [3.63, 3.8) is 0 Å². The highest BCUT2D eigenvalue weighted by Gasteiger charge is 2.34. The Bertz CT molecular complexity index is 641. The van der Waals surface area contributed by atoms with Gasteiger partial charge in [-0.15, -0.1) is 0 Å². The normalized spacial score (nSPS) is 11.8. The van der Waals surface area contributed by atoms with Crippen LogP contribution in [0.5, 0.6) is 0 Å². The molecule has 0 amide bonds. The summed E-state index contributed by atoms with van der Waals surface area (Å²) in [5.41, 5.74) is -2.21. The number of aryl methyl sites for hydroxylation is 1. The lowest BCUT2D eigenvalue weighted by molar-refractivity contribution is -0.140. The summed E-state index contributed by atoms with van der Waals surface area (Å²) in [6, 6.07) is 2.31. The van der Waals surface area contributed by atoms with Gasteiger partial charge < -0.3 is 0 Å². The van der Waals surface area contributed by atoms with Gasteiger partial charge >= 0.3 is 11.9 Å². The SMILES string of the molecule is Cc1n[nH]c(=O)n1-c1ccc(F)c(C(F)(F)F)c1. The van der Waals surface area contributed by atoms with Gasteiger partial charge in [0.1, 0.15) is 11.6 Å². The Kier molecular flexibility index (Phi) is 2.72. The van der Waals surface area contributed by atoms with Crippen LogP contribution in [0.2, 0.25) is 0 Å². The molecule has 1 N–H and O–H groups in total. The third-order valence-corrected chi connectivity index (χ3v) is 2.35. The van der Waals surface area contributed by atoms with Gasteiger partial charge in [0.15, 0.2) is 0 Å². The molecule has 0 spiro atoms. The number of aromatic nitrogens is 3. The zero-order valence-corrected chi connectivity index (χ0v) is 9.05. The molecule has 96 valence electrons. The molecule has 8 heteroatoms. The molecule has 2 aromatic rings. The minimum Gasteiger partial charge on any atom is -0.247 e. The van der Waals surface area contributed by atoms with Crippen LogP contribution >= 0.6 is 0 Å². The number of hydrogen-bond acceptors (Lipinski definition) is 2. The third kappa shape index (κ3) is 2.01. The minimum absolute atomic E-state index is 0.0972. The summed E-state index contributed by atoms with van der Waals surface area (Å²) in [6.45, 7) is 1.44. The molecule has 0 aliphatic heterocycles. The van der Waals surface area contributed by atoms with E-state index in [2.05, 4.69) is 10.2 Å². The molecule has 18 heavy (non-hydrogen) atoms. The first kappa shape index (κ1) is 12.3. The number of halogens is 4. The highest BCUT2D eigenvalue weighted by molar-refractivity contribution is 5.38. The van der Waals surface area contributed by atoms with Crippen LogP contribution in [-0.4, -0.2) is 14.8 Å². The van der Waals surface area contributed by atoms with Crippen molar-refractivity contribution >= 4 is 0 Å². The van der Waals surface area contributed by atoms with Gasteiger partial charge in [0.2, 0.25) is 0 Å². The van der Waals surface area contributed by atoms with E-state index in [9.17, 15) is 22.4 Å². The van der Waals surface area contributed by atoms with Crippen LogP contribution in [0.25, 0.3) is 5.69 Å². The number of H-pyrrole nitrogens is 1. The number of nitrogens with one attached hydrogen (secondary N) is 1. The van der Waals surface area contributed by atoms with Crippen LogP contribution in [0.4, 0.5) is 17.6 Å². The van der Waals surface area contributed by atoms with Crippen molar-refractivity contribution in [2.75, 3.05) is 0 Å². The lowest BCUT2D eigenvalue weighted by Gasteiger charge is -2.10. The first-order chi connectivity index (χ1) is 8.30. The van der Waals surface area contributed by atoms with Crippen molar-refractivity contribution in [1.82, 2.24) is 14.8 Å². The van der Waals surface area contributed by atoms with Crippen molar-refractivity contribution in [1.29, 1.82) is 0 Å². The number of hydrogen-bond donors (Lipinski definition) is 1. The van der Waals surface area contributed by atoms with Crippen LogP contribution < -0.4 is 5.69 Å². The minimum atomic E-state index is -4.82. The van der Waals surface area contributed by atoms with E-state index in [4.69, 9.17) is 0 Å². The van der Waals surface area contributed by atoms with Crippen molar-refractivity contribution in [3.05, 3.63) is 45.9 Å². The molecule has 0 aliphatic rings. The molecule has 0 unspecified atom stereocenters. The van der Waals surface area contributed by atoms with Gasteiger partial charge in [0, 0.05) is 0 Å². The van der Waals surface area contributed by atoms with E-state index in [1.54, 1.807) is 0 Å². The zero-order chi connectivity index (χ0) is 13.5. The molecule has 0 fully saturated rings. The van der Waals surface area contributed by atoms with Gasteiger partial charge in [-0.25, -0.2) is 18.9 Å². The fourth-order valence-electron chi connectivity index (χ4n) is 1.55. The first-order valence-corrected chi connectivity index (χ1v) is 4.82. The molecule has 1 aromatic heterocycles. The van der Waals surface area contributed by atoms with Crippen LogP contribution in [0.15, 0.2) is 23.0 Å². The lowest BCUT2D eigenvalue weighted by Crippen LogP contribution is -2.17. The fourth-order valence-corrected chi connectivity index (χ4v) is 1.55. The largest absolute Gasteiger partial charge is 0.419 e. The maximum absolute atomic E-state index is 13.1. The van der Waals surface area contributed by atoms with Crippen molar-refractivity contribution in [2.24, 2.45) is 0 Å². The van der Waals surface area contributed by atoms with Gasteiger partial charge in [-0.05, 0) is 25.1 Å². The monoisotopic (exact) mass is 261 g/mol. The maximum atomic E-state index is 13.1. The molecule has 1 aromatic carbocycles. The van der Waals surface area contributed by atoms with E-state index in [-0.39, 0.29) is 11.5 Å². The number of aromatic amines is 1. The molecule has 0 bridgehead atoms. The Morgan fingerprint density at radius 2 is 2.00 bits per heavy atom. The maximum Gasteiger partial charge on any atom is 0.419 e. The first-order valence-electron chi connectivity index (χ1n) is 4.82. The smallest absolute Gasteiger partial charge is 0.247 e. The summed E-state index contributed by atoms with van der Waals surface area (Å²) in [6.07, 6.45) is -4.82. The molecule has 0 aliphatic carbocycles. The Balaban J connectivity index is 2.65. The number of alkyl halides is 3. The molecule has 4 nitrogen and oxygen atoms in total. The van der Waals surface area contributed by atoms with E-state index < -0.39 is 23.2 Å². The Labute approximate surface area is 97.9 Å². The second-order valence-corrected chi connectivity index (χ2v) is 3.57. The molecule has 1 heterocycles. The van der Waals surface area contributed by atoms with Gasteiger partial charge in [-0.1, -0.05) is 0 Å². The van der Waals surface area contributed by atoms with E-state index in [0.29, 0.717) is 12.1 Å². The van der Waals surface area contributed by atoms with E-state index in [1.165, 1.54) is 6.92 Å². The molecule has 2 rings (SSSR count). The number of benzene rings is 1. The van der Waals surface area contributed by atoms with E-state index >= 15 is 0 Å². The van der Waals surface area contributed by atoms with E-state index in [0.717, 1.165) is 10.6 Å². The van der Waals surface area contributed by atoms with Gasteiger partial charge in [0.05, 0.1) is 11.3 Å². The topological polar surface area (TPSA) is 50.7 Å². The highest BCUT2D eigenvalue weighted by Crippen LogP contribution is 2.32. The number of nitrogens with zero attached hydrogens (tertiary/aromatic N) is 2. The van der Waals surface area contributed by atoms with Gasteiger partial charge in [0.25, 0.3) is 0 Å². The average Bonchev–Trinajstić information content (AvgIpc) is 2.58. The summed E-state index contributed by atoms with van der Waals surface area (Å²) >= 11 is 0. The fraction of sp³-hybridized carbons (Fsp3) is 0.200. The second kappa shape index (κ2) is 3.97. The second-order valence-electron chi connectivity index (χ2n) is 3.57. The Hall–Kier alpha value is -2.12. The summed E-state index contributed by atoms with van der Waals surface area (Å²) in [5, 5.41) is 5.65. The molecular formula is C10H7F4N3O. The van der Waals surface area contributed by atoms with Crippen molar-refractivity contribution in [3.8, 4) is 5.69 Å². The Morgan fingerprint density at radius 1 is 1.33 bits per heavy atom. The molecule has 0 radical (unpaired) electrons. The van der Waals surface area contributed by atoms with Crippen LogP contribution in [0, 0.1) is 12.7 Å².